The maximum absolute atomic E-state index is 13.2. The molecule has 1 aromatic heterocycles. The van der Waals surface area contributed by atoms with Crippen LogP contribution < -0.4 is 10.6 Å². The standard InChI is InChI=1S/C24H26N2O4S2/c1-18-11-13-20(14-12-18)32(29,30)22(21-10-6-16-31-21)17-26-24(28)23(27)25-15-5-9-19-7-3-2-4-8-19/h2-4,6-8,10-14,16,22H,5,9,15,17H2,1H3,(H,25,27)(H,26,28)/t22-/m0/s1. The minimum Gasteiger partial charge on any atom is -0.348 e. The van der Waals surface area contributed by atoms with Crippen molar-refractivity contribution in [2.24, 2.45) is 0 Å². The van der Waals surface area contributed by atoms with E-state index in [2.05, 4.69) is 10.6 Å². The quantitative estimate of drug-likeness (QED) is 0.370. The van der Waals surface area contributed by atoms with Crippen LogP contribution in [-0.4, -0.2) is 33.3 Å². The molecule has 2 amide bonds. The number of carbonyl (C=O) groups is 2. The van der Waals surface area contributed by atoms with E-state index in [0.717, 1.165) is 17.5 Å². The maximum atomic E-state index is 13.2. The largest absolute Gasteiger partial charge is 0.348 e. The van der Waals surface area contributed by atoms with Crippen molar-refractivity contribution in [3.8, 4) is 0 Å². The summed E-state index contributed by atoms with van der Waals surface area (Å²) in [5.41, 5.74) is 2.11. The van der Waals surface area contributed by atoms with Crippen molar-refractivity contribution < 1.29 is 18.0 Å². The highest BCUT2D eigenvalue weighted by atomic mass is 32.2. The van der Waals surface area contributed by atoms with Gasteiger partial charge in [-0.1, -0.05) is 54.1 Å². The summed E-state index contributed by atoms with van der Waals surface area (Å²) in [5, 5.41) is 5.90. The molecule has 0 aliphatic heterocycles. The fourth-order valence-corrected chi connectivity index (χ4v) is 6.00. The van der Waals surface area contributed by atoms with Crippen LogP contribution in [0.5, 0.6) is 0 Å². The fraction of sp³-hybridized carbons (Fsp3) is 0.250. The van der Waals surface area contributed by atoms with Gasteiger partial charge in [-0.3, -0.25) is 9.59 Å². The number of thiophene rings is 1. The molecule has 0 saturated heterocycles. The molecule has 0 aliphatic rings. The Labute approximate surface area is 192 Å². The predicted molar refractivity (Wildman–Crippen MR) is 126 cm³/mol. The Morgan fingerprint density at radius 1 is 0.906 bits per heavy atom. The highest BCUT2D eigenvalue weighted by molar-refractivity contribution is 7.91. The van der Waals surface area contributed by atoms with E-state index < -0.39 is 26.9 Å². The smallest absolute Gasteiger partial charge is 0.309 e. The third-order valence-corrected chi connectivity index (χ3v) is 8.24. The zero-order valence-electron chi connectivity index (χ0n) is 17.8. The van der Waals surface area contributed by atoms with Gasteiger partial charge in [-0.15, -0.1) is 11.3 Å². The Morgan fingerprint density at radius 3 is 2.25 bits per heavy atom. The molecule has 1 atom stereocenters. The Hall–Kier alpha value is -2.97. The van der Waals surface area contributed by atoms with Crippen molar-refractivity contribution in [1.82, 2.24) is 10.6 Å². The number of hydrogen-bond acceptors (Lipinski definition) is 5. The molecule has 0 radical (unpaired) electrons. The third-order valence-electron chi connectivity index (χ3n) is 5.01. The number of nitrogens with one attached hydrogen (secondary N) is 2. The molecule has 0 bridgehead atoms. The van der Waals surface area contributed by atoms with Crippen LogP contribution in [0.2, 0.25) is 0 Å². The molecule has 0 saturated carbocycles. The van der Waals surface area contributed by atoms with E-state index in [4.69, 9.17) is 0 Å². The fourth-order valence-electron chi connectivity index (χ4n) is 3.21. The Balaban J connectivity index is 1.58. The Morgan fingerprint density at radius 2 is 1.59 bits per heavy atom. The first-order valence-electron chi connectivity index (χ1n) is 10.3. The van der Waals surface area contributed by atoms with Gasteiger partial charge in [0.1, 0.15) is 5.25 Å². The number of amides is 2. The van der Waals surface area contributed by atoms with E-state index in [1.807, 2.05) is 37.3 Å². The molecule has 0 spiro atoms. The number of benzene rings is 2. The number of sulfone groups is 1. The van der Waals surface area contributed by atoms with Crippen molar-refractivity contribution in [2.75, 3.05) is 13.1 Å². The highest BCUT2D eigenvalue weighted by Crippen LogP contribution is 2.31. The van der Waals surface area contributed by atoms with E-state index in [1.165, 1.54) is 11.3 Å². The van der Waals surface area contributed by atoms with Crippen LogP contribution in [0.25, 0.3) is 0 Å². The average Bonchev–Trinajstić information content (AvgIpc) is 3.32. The van der Waals surface area contributed by atoms with Gasteiger partial charge in [0.05, 0.1) is 4.90 Å². The lowest BCUT2D eigenvalue weighted by molar-refractivity contribution is -0.139. The van der Waals surface area contributed by atoms with Crippen molar-refractivity contribution in [1.29, 1.82) is 0 Å². The molecular formula is C24H26N2O4S2. The van der Waals surface area contributed by atoms with Gasteiger partial charge >= 0.3 is 11.8 Å². The molecule has 3 rings (SSSR count). The van der Waals surface area contributed by atoms with Crippen LogP contribution in [-0.2, 0) is 25.8 Å². The molecule has 1 heterocycles. The van der Waals surface area contributed by atoms with Gasteiger partial charge in [0, 0.05) is 18.0 Å². The zero-order valence-corrected chi connectivity index (χ0v) is 19.4. The van der Waals surface area contributed by atoms with Gasteiger partial charge < -0.3 is 10.6 Å². The van der Waals surface area contributed by atoms with Crippen molar-refractivity contribution in [3.05, 3.63) is 88.1 Å². The van der Waals surface area contributed by atoms with Gasteiger partial charge in [-0.2, -0.15) is 0 Å². The third kappa shape index (κ3) is 6.27. The lowest BCUT2D eigenvalue weighted by atomic mass is 10.1. The topological polar surface area (TPSA) is 92.3 Å². The Bertz CT molecular complexity index is 1130. The zero-order chi connectivity index (χ0) is 23.0. The SMILES string of the molecule is Cc1ccc(S(=O)(=O)[C@@H](CNC(=O)C(=O)NCCCc2ccccc2)c2cccs2)cc1. The lowest BCUT2D eigenvalue weighted by Gasteiger charge is -2.17. The second-order valence-electron chi connectivity index (χ2n) is 7.42. The van der Waals surface area contributed by atoms with E-state index in [9.17, 15) is 18.0 Å². The number of aryl methyl sites for hydroxylation is 2. The normalized spacial score (nSPS) is 12.2. The van der Waals surface area contributed by atoms with E-state index in [-0.39, 0.29) is 11.4 Å². The second-order valence-corrected chi connectivity index (χ2v) is 10.5. The van der Waals surface area contributed by atoms with Gasteiger partial charge in [-0.25, -0.2) is 8.42 Å². The number of rotatable bonds is 9. The first-order valence-corrected chi connectivity index (χ1v) is 12.7. The monoisotopic (exact) mass is 470 g/mol. The minimum absolute atomic E-state index is 0.182. The van der Waals surface area contributed by atoms with Crippen molar-refractivity contribution in [2.45, 2.75) is 29.9 Å². The summed E-state index contributed by atoms with van der Waals surface area (Å²) in [5.74, 6) is -1.61. The average molecular weight is 471 g/mol. The summed E-state index contributed by atoms with van der Waals surface area (Å²) in [6, 6.07) is 19.9. The molecule has 0 fully saturated rings. The summed E-state index contributed by atoms with van der Waals surface area (Å²) < 4.78 is 26.4. The first-order chi connectivity index (χ1) is 15.4. The van der Waals surface area contributed by atoms with Gasteiger partial charge in [-0.05, 0) is 48.9 Å². The molecule has 2 N–H and O–H groups in total. The van der Waals surface area contributed by atoms with Gasteiger partial charge in [0.25, 0.3) is 0 Å². The van der Waals surface area contributed by atoms with E-state index in [1.54, 1.807) is 41.8 Å². The van der Waals surface area contributed by atoms with Crippen LogP contribution >= 0.6 is 11.3 Å². The Kier molecular flexibility index (Phi) is 8.19. The van der Waals surface area contributed by atoms with Gasteiger partial charge in [0.15, 0.2) is 9.84 Å². The molecule has 8 heteroatoms. The predicted octanol–water partition coefficient (Wildman–Crippen LogP) is 3.44. The number of hydrogen-bond donors (Lipinski definition) is 2. The van der Waals surface area contributed by atoms with E-state index >= 15 is 0 Å². The highest BCUT2D eigenvalue weighted by Gasteiger charge is 2.31. The number of carbonyl (C=O) groups excluding carboxylic acids is 2. The minimum atomic E-state index is -3.75. The summed E-state index contributed by atoms with van der Waals surface area (Å²) >= 11 is 1.30. The lowest BCUT2D eigenvalue weighted by Crippen LogP contribution is -2.42. The molecule has 2 aromatic carbocycles. The van der Waals surface area contributed by atoms with Crippen LogP contribution in [0, 0.1) is 6.92 Å². The van der Waals surface area contributed by atoms with Crippen LogP contribution in [0.1, 0.15) is 27.7 Å². The molecule has 32 heavy (non-hydrogen) atoms. The summed E-state index contributed by atoms with van der Waals surface area (Å²) in [4.78, 5) is 25.2. The molecule has 168 valence electrons. The molecular weight excluding hydrogens is 444 g/mol. The first kappa shape index (κ1) is 23.7. The van der Waals surface area contributed by atoms with Gasteiger partial charge in [0.2, 0.25) is 0 Å². The molecule has 0 unspecified atom stereocenters. The molecule has 0 aliphatic carbocycles. The summed E-state index contributed by atoms with van der Waals surface area (Å²) in [7, 11) is -3.75. The van der Waals surface area contributed by atoms with Crippen molar-refractivity contribution >= 4 is 33.0 Å². The molecule has 6 nitrogen and oxygen atoms in total. The summed E-state index contributed by atoms with van der Waals surface area (Å²) in [6.45, 7) is 2.05. The van der Waals surface area contributed by atoms with Crippen LogP contribution in [0.15, 0.2) is 77.0 Å². The molecule has 3 aromatic rings. The van der Waals surface area contributed by atoms with Crippen LogP contribution in [0.3, 0.4) is 0 Å². The van der Waals surface area contributed by atoms with Crippen molar-refractivity contribution in [3.63, 3.8) is 0 Å². The maximum Gasteiger partial charge on any atom is 0.309 e. The van der Waals surface area contributed by atoms with Crippen LogP contribution in [0.4, 0.5) is 0 Å². The second kappa shape index (κ2) is 11.1. The summed E-state index contributed by atoms with van der Waals surface area (Å²) in [6.07, 6.45) is 1.49. The van der Waals surface area contributed by atoms with E-state index in [0.29, 0.717) is 17.8 Å².